The summed E-state index contributed by atoms with van der Waals surface area (Å²) in [5.74, 6) is -0.709. The molecule has 0 spiro atoms. The van der Waals surface area contributed by atoms with E-state index in [0.29, 0.717) is 5.69 Å². The first kappa shape index (κ1) is 21.7. The summed E-state index contributed by atoms with van der Waals surface area (Å²) in [7, 11) is 0. The lowest BCUT2D eigenvalue weighted by Crippen LogP contribution is -2.29. The Morgan fingerprint density at radius 1 is 1.14 bits per heavy atom. The summed E-state index contributed by atoms with van der Waals surface area (Å²) >= 11 is 3.32. The Morgan fingerprint density at radius 2 is 1.82 bits per heavy atom. The molecule has 150 valence electrons. The van der Waals surface area contributed by atoms with Crippen LogP contribution in [-0.4, -0.2) is 24.6 Å². The van der Waals surface area contributed by atoms with Crippen LogP contribution in [0, 0.1) is 0 Å². The fourth-order valence-corrected chi connectivity index (χ4v) is 2.68. The SMILES string of the molecule is CC(=O)NC(CC(=O)Nc1cccc(OCC(F)(F)F)c1)c1ccc(Br)cc1. The zero-order chi connectivity index (χ0) is 20.7. The predicted molar refractivity (Wildman–Crippen MR) is 102 cm³/mol. The van der Waals surface area contributed by atoms with Crippen molar-refractivity contribution in [3.8, 4) is 5.75 Å². The number of nitrogens with one attached hydrogen (secondary N) is 2. The van der Waals surface area contributed by atoms with Gasteiger partial charge in [-0.2, -0.15) is 13.2 Å². The van der Waals surface area contributed by atoms with Gasteiger partial charge < -0.3 is 15.4 Å². The highest BCUT2D eigenvalue weighted by Gasteiger charge is 2.28. The van der Waals surface area contributed by atoms with E-state index < -0.39 is 24.7 Å². The Hall–Kier alpha value is -2.55. The zero-order valence-electron chi connectivity index (χ0n) is 14.8. The molecule has 2 rings (SSSR count). The normalized spacial score (nSPS) is 12.2. The molecule has 2 amide bonds. The largest absolute Gasteiger partial charge is 0.484 e. The molecule has 0 aromatic heterocycles. The minimum Gasteiger partial charge on any atom is -0.484 e. The molecular weight excluding hydrogens is 441 g/mol. The van der Waals surface area contributed by atoms with Crippen LogP contribution in [0.5, 0.6) is 5.75 Å². The smallest absolute Gasteiger partial charge is 0.422 e. The van der Waals surface area contributed by atoms with E-state index in [1.54, 1.807) is 24.3 Å². The summed E-state index contributed by atoms with van der Waals surface area (Å²) in [5, 5.41) is 5.32. The number of carbonyl (C=O) groups is 2. The highest BCUT2D eigenvalue weighted by molar-refractivity contribution is 9.10. The van der Waals surface area contributed by atoms with Crippen LogP contribution >= 0.6 is 15.9 Å². The van der Waals surface area contributed by atoms with Crippen molar-refractivity contribution in [2.75, 3.05) is 11.9 Å². The maximum Gasteiger partial charge on any atom is 0.422 e. The number of rotatable bonds is 7. The molecule has 1 unspecified atom stereocenters. The van der Waals surface area contributed by atoms with Crippen molar-refractivity contribution in [2.24, 2.45) is 0 Å². The van der Waals surface area contributed by atoms with E-state index in [-0.39, 0.29) is 18.1 Å². The average molecular weight is 459 g/mol. The minimum absolute atomic E-state index is 0.0126. The van der Waals surface area contributed by atoms with Crippen LogP contribution in [0.25, 0.3) is 0 Å². The summed E-state index contributed by atoms with van der Waals surface area (Å²) in [5.41, 5.74) is 1.04. The molecular formula is C19H18BrF3N2O3. The van der Waals surface area contributed by atoms with Gasteiger partial charge in [0.05, 0.1) is 12.5 Å². The third-order valence-corrected chi connectivity index (χ3v) is 4.09. The summed E-state index contributed by atoms with van der Waals surface area (Å²) in [6.07, 6.45) is -4.50. The van der Waals surface area contributed by atoms with E-state index >= 15 is 0 Å². The summed E-state index contributed by atoms with van der Waals surface area (Å²) in [6, 6.07) is 12.3. The van der Waals surface area contributed by atoms with Crippen LogP contribution in [-0.2, 0) is 9.59 Å². The fourth-order valence-electron chi connectivity index (χ4n) is 2.42. The van der Waals surface area contributed by atoms with Crippen molar-refractivity contribution >= 4 is 33.4 Å². The number of amides is 2. The summed E-state index contributed by atoms with van der Waals surface area (Å²) < 4.78 is 42.3. The average Bonchev–Trinajstić information content (AvgIpc) is 2.59. The lowest BCUT2D eigenvalue weighted by molar-refractivity contribution is -0.153. The first-order valence-electron chi connectivity index (χ1n) is 8.24. The first-order valence-corrected chi connectivity index (χ1v) is 9.04. The molecule has 28 heavy (non-hydrogen) atoms. The number of hydrogen-bond acceptors (Lipinski definition) is 3. The molecule has 9 heteroatoms. The van der Waals surface area contributed by atoms with E-state index in [0.717, 1.165) is 10.0 Å². The lowest BCUT2D eigenvalue weighted by Gasteiger charge is -2.18. The second-order valence-electron chi connectivity index (χ2n) is 5.99. The molecule has 1 atom stereocenters. The molecule has 0 fully saturated rings. The molecule has 0 aliphatic heterocycles. The van der Waals surface area contributed by atoms with Gasteiger partial charge in [0.25, 0.3) is 0 Å². The molecule has 2 aromatic carbocycles. The second kappa shape index (κ2) is 9.59. The van der Waals surface area contributed by atoms with Crippen LogP contribution in [0.3, 0.4) is 0 Å². The highest BCUT2D eigenvalue weighted by Crippen LogP contribution is 2.23. The topological polar surface area (TPSA) is 67.4 Å². The van der Waals surface area contributed by atoms with Gasteiger partial charge in [-0.3, -0.25) is 9.59 Å². The van der Waals surface area contributed by atoms with Crippen molar-refractivity contribution in [1.82, 2.24) is 5.32 Å². The standard InChI is InChI=1S/C19H18BrF3N2O3/c1-12(26)24-17(13-5-7-14(20)8-6-13)10-18(27)25-15-3-2-4-16(9-15)28-11-19(21,22)23/h2-9,17H,10-11H2,1H3,(H,24,26)(H,25,27). The van der Waals surface area contributed by atoms with Gasteiger partial charge in [-0.15, -0.1) is 0 Å². The van der Waals surface area contributed by atoms with E-state index in [1.165, 1.54) is 31.2 Å². The molecule has 0 radical (unpaired) electrons. The molecule has 0 saturated heterocycles. The van der Waals surface area contributed by atoms with Gasteiger partial charge in [-0.25, -0.2) is 0 Å². The Balaban J connectivity index is 2.04. The van der Waals surface area contributed by atoms with Gasteiger partial charge >= 0.3 is 6.18 Å². The van der Waals surface area contributed by atoms with E-state index in [9.17, 15) is 22.8 Å². The van der Waals surface area contributed by atoms with Gasteiger partial charge in [-0.05, 0) is 29.8 Å². The van der Waals surface area contributed by atoms with E-state index in [2.05, 4.69) is 31.3 Å². The fraction of sp³-hybridized carbons (Fsp3) is 0.263. The van der Waals surface area contributed by atoms with Gasteiger partial charge in [0.15, 0.2) is 6.61 Å². The Labute approximate surface area is 168 Å². The highest BCUT2D eigenvalue weighted by atomic mass is 79.9. The maximum atomic E-state index is 12.4. The van der Waals surface area contributed by atoms with Crippen molar-refractivity contribution in [3.05, 3.63) is 58.6 Å². The number of carbonyl (C=O) groups excluding carboxylic acids is 2. The van der Waals surface area contributed by atoms with Crippen molar-refractivity contribution in [1.29, 1.82) is 0 Å². The molecule has 0 bridgehead atoms. The Kier molecular flexibility index (Phi) is 7.45. The van der Waals surface area contributed by atoms with Crippen molar-refractivity contribution in [2.45, 2.75) is 25.6 Å². The monoisotopic (exact) mass is 458 g/mol. The number of hydrogen-bond donors (Lipinski definition) is 2. The lowest BCUT2D eigenvalue weighted by atomic mass is 10.0. The second-order valence-corrected chi connectivity index (χ2v) is 6.90. The molecule has 2 N–H and O–H groups in total. The van der Waals surface area contributed by atoms with Crippen LogP contribution in [0.4, 0.5) is 18.9 Å². The van der Waals surface area contributed by atoms with E-state index in [1.807, 2.05) is 0 Å². The van der Waals surface area contributed by atoms with Gasteiger partial charge in [0, 0.05) is 23.2 Å². The first-order chi connectivity index (χ1) is 13.1. The van der Waals surface area contributed by atoms with Gasteiger partial charge in [0.1, 0.15) is 5.75 Å². The molecule has 0 aliphatic carbocycles. The van der Waals surface area contributed by atoms with Gasteiger partial charge in [0.2, 0.25) is 11.8 Å². The maximum absolute atomic E-state index is 12.4. The summed E-state index contributed by atoms with van der Waals surface area (Å²) in [4.78, 5) is 23.9. The Bertz CT molecular complexity index is 826. The molecule has 0 aliphatic rings. The molecule has 5 nitrogen and oxygen atoms in total. The van der Waals surface area contributed by atoms with Crippen molar-refractivity contribution < 1.29 is 27.5 Å². The van der Waals surface area contributed by atoms with Crippen LogP contribution in [0.15, 0.2) is 53.0 Å². The van der Waals surface area contributed by atoms with Gasteiger partial charge in [-0.1, -0.05) is 34.1 Å². The summed E-state index contributed by atoms with van der Waals surface area (Å²) in [6.45, 7) is -0.0657. The van der Waals surface area contributed by atoms with Crippen molar-refractivity contribution in [3.63, 3.8) is 0 Å². The number of ether oxygens (including phenoxy) is 1. The predicted octanol–water partition coefficient (Wildman–Crippen LogP) is 4.60. The number of benzene rings is 2. The molecule has 0 heterocycles. The number of anilines is 1. The third-order valence-electron chi connectivity index (χ3n) is 3.56. The van der Waals surface area contributed by atoms with E-state index in [4.69, 9.17) is 0 Å². The van der Waals surface area contributed by atoms with Crippen LogP contribution < -0.4 is 15.4 Å². The number of halogens is 4. The van der Waals surface area contributed by atoms with Crippen LogP contribution in [0.2, 0.25) is 0 Å². The Morgan fingerprint density at radius 3 is 2.43 bits per heavy atom. The zero-order valence-corrected chi connectivity index (χ0v) is 16.4. The number of alkyl halides is 3. The molecule has 0 saturated carbocycles. The molecule has 2 aromatic rings. The minimum atomic E-state index is -4.45. The third kappa shape index (κ3) is 7.59. The quantitative estimate of drug-likeness (QED) is 0.637. The van der Waals surface area contributed by atoms with Crippen LogP contribution in [0.1, 0.15) is 24.9 Å².